The number of nitrogens with zero attached hydrogens (tertiary/aromatic N) is 1. The fourth-order valence-electron chi connectivity index (χ4n) is 2.23. The number of hydrogen-bond acceptors (Lipinski definition) is 4. The number of morpholine rings is 1. The standard InChI is InChI=1S/C13H17FN2O3/c1-13(2)7-16(3-4-19-13)11-5-8(12(17)18)10(15)6-9(11)14/h5-6H,3-4,7,15H2,1-2H3,(H,17,18). The predicted octanol–water partition coefficient (Wildman–Crippen LogP) is 1.72. The smallest absolute Gasteiger partial charge is 0.337 e. The molecule has 3 N–H and O–H groups in total. The van der Waals surface area contributed by atoms with Crippen LogP contribution >= 0.6 is 0 Å². The van der Waals surface area contributed by atoms with Crippen molar-refractivity contribution in [3.8, 4) is 0 Å². The van der Waals surface area contributed by atoms with Crippen molar-refractivity contribution in [1.82, 2.24) is 0 Å². The van der Waals surface area contributed by atoms with Gasteiger partial charge >= 0.3 is 5.97 Å². The minimum Gasteiger partial charge on any atom is -0.478 e. The summed E-state index contributed by atoms with van der Waals surface area (Å²) in [6, 6.07) is 2.34. The van der Waals surface area contributed by atoms with Gasteiger partial charge in [-0.15, -0.1) is 0 Å². The Hall–Kier alpha value is -1.82. The van der Waals surface area contributed by atoms with Crippen molar-refractivity contribution in [3.63, 3.8) is 0 Å². The van der Waals surface area contributed by atoms with Crippen LogP contribution in [0.15, 0.2) is 12.1 Å². The molecule has 0 radical (unpaired) electrons. The van der Waals surface area contributed by atoms with Gasteiger partial charge in [0, 0.05) is 18.8 Å². The molecular weight excluding hydrogens is 251 g/mol. The second-order valence-corrected chi connectivity index (χ2v) is 5.23. The van der Waals surface area contributed by atoms with Gasteiger partial charge in [0.1, 0.15) is 5.82 Å². The Labute approximate surface area is 110 Å². The molecule has 19 heavy (non-hydrogen) atoms. The number of anilines is 2. The molecule has 0 aromatic heterocycles. The fourth-order valence-corrected chi connectivity index (χ4v) is 2.23. The minimum atomic E-state index is -1.16. The van der Waals surface area contributed by atoms with Gasteiger partial charge < -0.3 is 20.5 Å². The van der Waals surface area contributed by atoms with Gasteiger partial charge in [0.15, 0.2) is 0 Å². The molecule has 0 unspecified atom stereocenters. The Morgan fingerprint density at radius 3 is 2.79 bits per heavy atom. The van der Waals surface area contributed by atoms with E-state index in [1.807, 2.05) is 13.8 Å². The van der Waals surface area contributed by atoms with E-state index in [2.05, 4.69) is 0 Å². The summed E-state index contributed by atoms with van der Waals surface area (Å²) in [6.07, 6.45) is 0. The summed E-state index contributed by atoms with van der Waals surface area (Å²) in [5.74, 6) is -1.67. The largest absolute Gasteiger partial charge is 0.478 e. The van der Waals surface area contributed by atoms with Gasteiger partial charge in [0.05, 0.1) is 23.5 Å². The lowest BCUT2D eigenvalue weighted by molar-refractivity contribution is -0.0278. The molecular formula is C13H17FN2O3. The van der Waals surface area contributed by atoms with E-state index in [1.165, 1.54) is 6.07 Å². The van der Waals surface area contributed by atoms with Crippen LogP contribution in [-0.2, 0) is 4.74 Å². The molecule has 1 heterocycles. The average molecular weight is 268 g/mol. The second kappa shape index (κ2) is 4.70. The number of aromatic carboxylic acids is 1. The average Bonchev–Trinajstić information content (AvgIpc) is 2.26. The number of ether oxygens (including phenoxy) is 1. The number of carboxylic acid groups (broad SMARTS) is 1. The van der Waals surface area contributed by atoms with E-state index < -0.39 is 17.4 Å². The van der Waals surface area contributed by atoms with Gasteiger partial charge in [-0.3, -0.25) is 0 Å². The highest BCUT2D eigenvalue weighted by Crippen LogP contribution is 2.29. The Morgan fingerprint density at radius 2 is 2.21 bits per heavy atom. The molecule has 5 nitrogen and oxygen atoms in total. The summed E-state index contributed by atoms with van der Waals surface area (Å²) in [6.45, 7) is 5.30. The number of nitrogens with two attached hydrogens (primary N) is 1. The Bertz CT molecular complexity index is 517. The maximum absolute atomic E-state index is 14.0. The van der Waals surface area contributed by atoms with Gasteiger partial charge in [-0.05, 0) is 26.0 Å². The van der Waals surface area contributed by atoms with Crippen LogP contribution in [0.5, 0.6) is 0 Å². The number of carboxylic acids is 1. The van der Waals surface area contributed by atoms with Gasteiger partial charge in [-0.25, -0.2) is 9.18 Å². The lowest BCUT2D eigenvalue weighted by Crippen LogP contribution is -2.48. The van der Waals surface area contributed by atoms with Crippen molar-refractivity contribution in [2.75, 3.05) is 30.3 Å². The normalized spacial score (nSPS) is 18.4. The molecule has 0 spiro atoms. The van der Waals surface area contributed by atoms with Crippen LogP contribution in [0.4, 0.5) is 15.8 Å². The summed E-state index contributed by atoms with van der Waals surface area (Å²) in [5, 5.41) is 9.04. The van der Waals surface area contributed by atoms with Gasteiger partial charge in [-0.2, -0.15) is 0 Å². The highest BCUT2D eigenvalue weighted by Gasteiger charge is 2.29. The molecule has 2 rings (SSSR count). The van der Waals surface area contributed by atoms with Crippen LogP contribution in [0.2, 0.25) is 0 Å². The van der Waals surface area contributed by atoms with E-state index in [1.54, 1.807) is 4.90 Å². The number of carbonyl (C=O) groups is 1. The minimum absolute atomic E-state index is 0.0683. The molecule has 0 bridgehead atoms. The topological polar surface area (TPSA) is 75.8 Å². The van der Waals surface area contributed by atoms with Crippen molar-refractivity contribution >= 4 is 17.3 Å². The molecule has 0 aliphatic carbocycles. The summed E-state index contributed by atoms with van der Waals surface area (Å²) >= 11 is 0. The van der Waals surface area contributed by atoms with Crippen molar-refractivity contribution < 1.29 is 19.0 Å². The third kappa shape index (κ3) is 2.78. The lowest BCUT2D eigenvalue weighted by Gasteiger charge is -2.39. The fraction of sp³-hybridized carbons (Fsp3) is 0.462. The molecule has 0 saturated carbocycles. The van der Waals surface area contributed by atoms with Crippen LogP contribution in [-0.4, -0.2) is 36.4 Å². The number of benzene rings is 1. The first-order valence-electron chi connectivity index (χ1n) is 6.01. The molecule has 1 aromatic carbocycles. The molecule has 1 aliphatic heterocycles. The molecule has 0 amide bonds. The van der Waals surface area contributed by atoms with E-state index in [9.17, 15) is 9.18 Å². The van der Waals surface area contributed by atoms with Crippen molar-refractivity contribution in [2.24, 2.45) is 0 Å². The molecule has 1 aromatic rings. The first kappa shape index (κ1) is 13.6. The van der Waals surface area contributed by atoms with Crippen molar-refractivity contribution in [3.05, 3.63) is 23.5 Å². The Kier molecular flexibility index (Phi) is 3.36. The van der Waals surface area contributed by atoms with E-state index in [-0.39, 0.29) is 16.9 Å². The second-order valence-electron chi connectivity index (χ2n) is 5.23. The zero-order valence-electron chi connectivity index (χ0n) is 10.9. The Balaban J connectivity index is 2.39. The van der Waals surface area contributed by atoms with Crippen molar-refractivity contribution in [1.29, 1.82) is 0 Å². The maximum Gasteiger partial charge on any atom is 0.337 e. The zero-order chi connectivity index (χ0) is 14.2. The third-order valence-corrected chi connectivity index (χ3v) is 3.12. The quantitative estimate of drug-likeness (QED) is 0.799. The Morgan fingerprint density at radius 1 is 1.53 bits per heavy atom. The van der Waals surface area contributed by atoms with E-state index in [4.69, 9.17) is 15.6 Å². The van der Waals surface area contributed by atoms with Crippen LogP contribution in [0, 0.1) is 5.82 Å². The third-order valence-electron chi connectivity index (χ3n) is 3.12. The first-order chi connectivity index (χ1) is 8.80. The summed E-state index contributed by atoms with van der Waals surface area (Å²) in [4.78, 5) is 12.8. The monoisotopic (exact) mass is 268 g/mol. The van der Waals surface area contributed by atoms with Crippen LogP contribution in [0.3, 0.4) is 0 Å². The van der Waals surface area contributed by atoms with Gasteiger partial charge in [-0.1, -0.05) is 0 Å². The number of nitrogen functional groups attached to an aromatic ring is 1. The number of rotatable bonds is 2. The molecule has 6 heteroatoms. The molecule has 1 fully saturated rings. The molecule has 0 atom stereocenters. The number of halogens is 1. The predicted molar refractivity (Wildman–Crippen MR) is 70.0 cm³/mol. The lowest BCUT2D eigenvalue weighted by atomic mass is 10.1. The molecule has 1 aliphatic rings. The maximum atomic E-state index is 14.0. The highest BCUT2D eigenvalue weighted by molar-refractivity contribution is 5.95. The summed E-state index contributed by atoms with van der Waals surface area (Å²) < 4.78 is 19.5. The summed E-state index contributed by atoms with van der Waals surface area (Å²) in [5.41, 5.74) is 5.22. The van der Waals surface area contributed by atoms with E-state index >= 15 is 0 Å². The first-order valence-corrected chi connectivity index (χ1v) is 6.01. The van der Waals surface area contributed by atoms with Gasteiger partial charge in [0.25, 0.3) is 0 Å². The van der Waals surface area contributed by atoms with Crippen molar-refractivity contribution in [2.45, 2.75) is 19.4 Å². The van der Waals surface area contributed by atoms with Crippen LogP contribution in [0.1, 0.15) is 24.2 Å². The molecule has 1 saturated heterocycles. The SMILES string of the molecule is CC1(C)CN(c2cc(C(=O)O)c(N)cc2F)CCO1. The summed E-state index contributed by atoms with van der Waals surface area (Å²) in [7, 11) is 0. The van der Waals surface area contributed by atoms with Crippen LogP contribution < -0.4 is 10.6 Å². The van der Waals surface area contributed by atoms with E-state index in [0.29, 0.717) is 19.7 Å². The van der Waals surface area contributed by atoms with E-state index in [0.717, 1.165) is 6.07 Å². The number of hydrogen-bond donors (Lipinski definition) is 2. The van der Waals surface area contributed by atoms with Gasteiger partial charge in [0.2, 0.25) is 0 Å². The highest BCUT2D eigenvalue weighted by atomic mass is 19.1. The van der Waals surface area contributed by atoms with Crippen LogP contribution in [0.25, 0.3) is 0 Å². The molecule has 104 valence electrons. The zero-order valence-corrected chi connectivity index (χ0v) is 10.9.